The molecule has 0 spiro atoms. The van der Waals surface area contributed by atoms with Crippen LogP contribution in [0.5, 0.6) is 0 Å². The number of aliphatic hydroxyl groups excluding tert-OH is 1. The van der Waals surface area contributed by atoms with Crippen LogP contribution in [0.4, 0.5) is 0 Å². The van der Waals surface area contributed by atoms with E-state index in [1.165, 1.54) is 28.8 Å². The Balaban J connectivity index is 2.41. The first kappa shape index (κ1) is 12.5. The van der Waals surface area contributed by atoms with Crippen LogP contribution in [0.2, 0.25) is 0 Å². The molecule has 0 aromatic carbocycles. The van der Waals surface area contributed by atoms with Gasteiger partial charge in [-0.3, -0.25) is 4.98 Å². The second kappa shape index (κ2) is 4.04. The van der Waals surface area contributed by atoms with Crippen molar-refractivity contribution in [2.75, 3.05) is 6.54 Å². The second-order valence-electron chi connectivity index (χ2n) is 4.89. The van der Waals surface area contributed by atoms with Crippen LogP contribution in [0.15, 0.2) is 29.4 Å². The van der Waals surface area contributed by atoms with E-state index in [1.807, 2.05) is 13.8 Å². The van der Waals surface area contributed by atoms with Crippen LogP contribution < -0.4 is 0 Å². The molecule has 1 saturated heterocycles. The molecule has 17 heavy (non-hydrogen) atoms. The number of hydrogen-bond donors (Lipinski definition) is 1. The number of aliphatic hydroxyl groups is 1. The summed E-state index contributed by atoms with van der Waals surface area (Å²) in [6.07, 6.45) is 2.76. The minimum atomic E-state index is -3.55. The van der Waals surface area contributed by atoms with Crippen LogP contribution in [0.1, 0.15) is 20.3 Å². The van der Waals surface area contributed by atoms with E-state index in [0.29, 0.717) is 6.42 Å². The normalized spacial score (nSPS) is 25.0. The van der Waals surface area contributed by atoms with E-state index in [0.717, 1.165) is 0 Å². The molecule has 0 radical (unpaired) electrons. The summed E-state index contributed by atoms with van der Waals surface area (Å²) < 4.78 is 26.1. The molecule has 6 heteroatoms. The molecule has 0 bridgehead atoms. The van der Waals surface area contributed by atoms with Crippen molar-refractivity contribution in [1.82, 2.24) is 9.29 Å². The van der Waals surface area contributed by atoms with Crippen LogP contribution in [0, 0.1) is 0 Å². The van der Waals surface area contributed by atoms with Crippen LogP contribution in [0.25, 0.3) is 0 Å². The fourth-order valence-electron chi connectivity index (χ4n) is 2.24. The van der Waals surface area contributed by atoms with Gasteiger partial charge in [-0.05, 0) is 32.4 Å². The van der Waals surface area contributed by atoms with E-state index in [-0.39, 0.29) is 11.4 Å². The molecule has 1 atom stereocenters. The highest BCUT2D eigenvalue weighted by Gasteiger charge is 2.44. The molecule has 94 valence electrons. The summed E-state index contributed by atoms with van der Waals surface area (Å²) in [6, 6.07) is 2.94. The molecule has 0 amide bonds. The third-order valence-electron chi connectivity index (χ3n) is 3.02. The number of pyridine rings is 1. The van der Waals surface area contributed by atoms with Crippen LogP contribution in [-0.2, 0) is 10.0 Å². The second-order valence-corrected chi connectivity index (χ2v) is 6.75. The quantitative estimate of drug-likeness (QED) is 0.842. The lowest BCUT2D eigenvalue weighted by atomic mass is 10.0. The lowest BCUT2D eigenvalue weighted by Crippen LogP contribution is -2.42. The lowest BCUT2D eigenvalue weighted by Gasteiger charge is -2.30. The van der Waals surface area contributed by atoms with Gasteiger partial charge in [0.1, 0.15) is 0 Å². The van der Waals surface area contributed by atoms with Crippen molar-refractivity contribution in [3.8, 4) is 0 Å². The Hall–Kier alpha value is -0.980. The smallest absolute Gasteiger partial charge is 0.243 e. The standard InChI is InChI=1S/C11H16N2O3S/c1-11(2)7-9(14)8-13(11)17(15,16)10-3-5-12-6-4-10/h3-6,9,14H,7-8H2,1-2H3. The average Bonchev–Trinajstić information content (AvgIpc) is 2.54. The van der Waals surface area contributed by atoms with Gasteiger partial charge in [0.05, 0.1) is 11.0 Å². The first-order valence-corrected chi connectivity index (χ1v) is 6.89. The molecule has 1 aromatic rings. The van der Waals surface area contributed by atoms with E-state index >= 15 is 0 Å². The van der Waals surface area contributed by atoms with E-state index < -0.39 is 21.7 Å². The number of β-amino-alcohol motifs (C(OH)–C–C–N with tert-alkyl or cyclic N) is 1. The monoisotopic (exact) mass is 256 g/mol. The fourth-order valence-corrected chi connectivity index (χ4v) is 4.06. The Morgan fingerprint density at radius 1 is 1.41 bits per heavy atom. The zero-order valence-corrected chi connectivity index (χ0v) is 10.7. The van der Waals surface area contributed by atoms with Gasteiger partial charge in [0, 0.05) is 24.5 Å². The van der Waals surface area contributed by atoms with Gasteiger partial charge >= 0.3 is 0 Å². The van der Waals surface area contributed by atoms with Crippen molar-refractivity contribution in [2.45, 2.75) is 36.8 Å². The zero-order chi connectivity index (χ0) is 12.7. The highest BCUT2D eigenvalue weighted by Crippen LogP contribution is 2.33. The van der Waals surface area contributed by atoms with Crippen LogP contribution >= 0.6 is 0 Å². The van der Waals surface area contributed by atoms with Crippen LogP contribution in [0.3, 0.4) is 0 Å². The van der Waals surface area contributed by atoms with E-state index in [9.17, 15) is 13.5 Å². The zero-order valence-electron chi connectivity index (χ0n) is 9.87. The van der Waals surface area contributed by atoms with Gasteiger partial charge in [0.25, 0.3) is 0 Å². The van der Waals surface area contributed by atoms with E-state index in [4.69, 9.17) is 0 Å². The third kappa shape index (κ3) is 2.20. The van der Waals surface area contributed by atoms with Crippen LogP contribution in [-0.4, -0.2) is 41.0 Å². The fraction of sp³-hybridized carbons (Fsp3) is 0.545. The first-order chi connectivity index (χ1) is 7.84. The maximum absolute atomic E-state index is 12.4. The molecule has 1 aliphatic heterocycles. The predicted octanol–water partition coefficient (Wildman–Crippen LogP) is 0.615. The molecule has 0 aliphatic carbocycles. The summed E-state index contributed by atoms with van der Waals surface area (Å²) in [5.74, 6) is 0. The molecule has 1 unspecified atom stereocenters. The molecule has 2 rings (SSSR count). The lowest BCUT2D eigenvalue weighted by molar-refractivity contribution is 0.187. The number of aromatic nitrogens is 1. The Kier molecular flexibility index (Phi) is 2.97. The summed E-state index contributed by atoms with van der Waals surface area (Å²) in [5, 5.41) is 9.63. The summed E-state index contributed by atoms with van der Waals surface area (Å²) in [4.78, 5) is 4.02. The summed E-state index contributed by atoms with van der Waals surface area (Å²) >= 11 is 0. The Morgan fingerprint density at radius 2 is 2.00 bits per heavy atom. The number of nitrogens with zero attached hydrogens (tertiary/aromatic N) is 2. The summed E-state index contributed by atoms with van der Waals surface area (Å²) in [5.41, 5.74) is -0.554. The van der Waals surface area contributed by atoms with Crippen molar-refractivity contribution in [1.29, 1.82) is 0 Å². The Bertz CT molecular complexity index is 499. The summed E-state index contributed by atoms with van der Waals surface area (Å²) in [6.45, 7) is 3.79. The van der Waals surface area contributed by atoms with Gasteiger partial charge in [-0.15, -0.1) is 0 Å². The van der Waals surface area contributed by atoms with Gasteiger partial charge in [-0.2, -0.15) is 4.31 Å². The molecule has 1 fully saturated rings. The number of hydrogen-bond acceptors (Lipinski definition) is 4. The first-order valence-electron chi connectivity index (χ1n) is 5.45. The number of rotatable bonds is 2. The van der Waals surface area contributed by atoms with E-state index in [1.54, 1.807) is 0 Å². The Labute approximate surface area is 101 Å². The van der Waals surface area contributed by atoms with Crippen molar-refractivity contribution >= 4 is 10.0 Å². The maximum atomic E-state index is 12.4. The SMILES string of the molecule is CC1(C)CC(O)CN1S(=O)(=O)c1ccncc1. The van der Waals surface area contributed by atoms with Crippen molar-refractivity contribution < 1.29 is 13.5 Å². The van der Waals surface area contributed by atoms with Crippen molar-refractivity contribution in [2.24, 2.45) is 0 Å². The number of sulfonamides is 1. The van der Waals surface area contributed by atoms with E-state index in [2.05, 4.69) is 4.98 Å². The van der Waals surface area contributed by atoms with Gasteiger partial charge in [0.2, 0.25) is 10.0 Å². The third-order valence-corrected chi connectivity index (χ3v) is 5.12. The van der Waals surface area contributed by atoms with Gasteiger partial charge < -0.3 is 5.11 Å². The minimum Gasteiger partial charge on any atom is -0.392 e. The largest absolute Gasteiger partial charge is 0.392 e. The molecular weight excluding hydrogens is 240 g/mol. The minimum absolute atomic E-state index is 0.150. The Morgan fingerprint density at radius 3 is 2.47 bits per heavy atom. The van der Waals surface area contributed by atoms with Crippen molar-refractivity contribution in [3.63, 3.8) is 0 Å². The molecule has 2 heterocycles. The molecule has 1 aromatic heterocycles. The van der Waals surface area contributed by atoms with Gasteiger partial charge in [-0.25, -0.2) is 8.42 Å². The average molecular weight is 256 g/mol. The summed E-state index contributed by atoms with van der Waals surface area (Å²) in [7, 11) is -3.55. The van der Waals surface area contributed by atoms with Gasteiger partial charge in [0.15, 0.2) is 0 Å². The predicted molar refractivity (Wildman–Crippen MR) is 62.8 cm³/mol. The molecule has 5 nitrogen and oxygen atoms in total. The highest BCUT2D eigenvalue weighted by molar-refractivity contribution is 7.89. The highest BCUT2D eigenvalue weighted by atomic mass is 32.2. The van der Waals surface area contributed by atoms with Gasteiger partial charge in [-0.1, -0.05) is 0 Å². The topological polar surface area (TPSA) is 70.5 Å². The molecular formula is C11H16N2O3S. The molecule has 1 N–H and O–H groups in total. The molecule has 1 aliphatic rings. The maximum Gasteiger partial charge on any atom is 0.243 e. The van der Waals surface area contributed by atoms with Crippen molar-refractivity contribution in [3.05, 3.63) is 24.5 Å². The molecule has 0 saturated carbocycles.